The number of likely N-dealkylation sites (tertiary alicyclic amines) is 1. The highest BCUT2D eigenvalue weighted by atomic mass is 16.4. The van der Waals surface area contributed by atoms with Crippen LogP contribution in [0.4, 0.5) is 4.79 Å². The van der Waals surface area contributed by atoms with Gasteiger partial charge in [0.2, 0.25) is 0 Å². The van der Waals surface area contributed by atoms with Crippen LogP contribution in [0.2, 0.25) is 0 Å². The van der Waals surface area contributed by atoms with Gasteiger partial charge < -0.3 is 14.9 Å². The maximum absolute atomic E-state index is 12.1. The third-order valence-corrected chi connectivity index (χ3v) is 3.13. The Morgan fingerprint density at radius 3 is 2.78 bits per heavy atom. The first-order valence-electron chi connectivity index (χ1n) is 6.11. The Kier molecular flexibility index (Phi) is 4.95. The number of aliphatic carboxylic acids is 1. The van der Waals surface area contributed by atoms with E-state index in [1.165, 1.54) is 9.80 Å². The number of hydrogen-bond acceptors (Lipinski definition) is 3. The number of carbonyl (C=O) groups excluding carboxylic acids is 1. The first-order chi connectivity index (χ1) is 8.47. The Morgan fingerprint density at radius 2 is 2.22 bits per heavy atom. The largest absolute Gasteiger partial charge is 0.480 e. The summed E-state index contributed by atoms with van der Waals surface area (Å²) in [5, 5.41) is 17.8. The molecular weight excluding hydrogens is 234 g/mol. The Morgan fingerprint density at radius 1 is 1.56 bits per heavy atom. The van der Waals surface area contributed by atoms with E-state index < -0.39 is 12.0 Å². The summed E-state index contributed by atoms with van der Waals surface area (Å²) < 4.78 is 0. The molecule has 1 saturated heterocycles. The van der Waals surface area contributed by atoms with E-state index >= 15 is 0 Å². The van der Waals surface area contributed by atoms with Crippen molar-refractivity contribution in [2.45, 2.75) is 32.2 Å². The van der Waals surface area contributed by atoms with Crippen LogP contribution in [0.15, 0.2) is 0 Å². The summed E-state index contributed by atoms with van der Waals surface area (Å²) in [7, 11) is 1.60. The molecule has 2 atom stereocenters. The fraction of sp³-hybridized carbons (Fsp3) is 0.750. The van der Waals surface area contributed by atoms with Gasteiger partial charge in [-0.2, -0.15) is 5.26 Å². The molecule has 1 aliphatic heterocycles. The summed E-state index contributed by atoms with van der Waals surface area (Å²) >= 11 is 0. The molecule has 18 heavy (non-hydrogen) atoms. The molecule has 2 amide bonds. The average molecular weight is 253 g/mol. The predicted molar refractivity (Wildman–Crippen MR) is 64.8 cm³/mol. The molecule has 1 rings (SSSR count). The molecule has 1 aliphatic rings. The van der Waals surface area contributed by atoms with E-state index in [2.05, 4.69) is 6.07 Å². The maximum Gasteiger partial charge on any atom is 0.326 e. The molecule has 0 aromatic heterocycles. The average Bonchev–Trinajstić information content (AvgIpc) is 2.37. The highest BCUT2D eigenvalue weighted by Gasteiger charge is 2.33. The van der Waals surface area contributed by atoms with Gasteiger partial charge in [0.05, 0.1) is 12.0 Å². The van der Waals surface area contributed by atoms with Gasteiger partial charge in [-0.1, -0.05) is 0 Å². The standard InChI is InChI=1S/C12H19N3O3/c1-9(7-13)8-14(2)12(18)15-6-4-3-5-10(15)11(16)17/h9-10H,3-6,8H2,1-2H3,(H,16,17). The smallest absolute Gasteiger partial charge is 0.326 e. The fourth-order valence-electron chi connectivity index (χ4n) is 2.17. The van der Waals surface area contributed by atoms with Crippen LogP contribution in [0, 0.1) is 17.2 Å². The molecular formula is C12H19N3O3. The number of carboxylic acid groups (broad SMARTS) is 1. The molecule has 6 nitrogen and oxygen atoms in total. The molecule has 0 radical (unpaired) electrons. The van der Waals surface area contributed by atoms with Gasteiger partial charge in [-0.05, 0) is 26.2 Å². The van der Waals surface area contributed by atoms with Crippen LogP contribution in [0.1, 0.15) is 26.2 Å². The minimum Gasteiger partial charge on any atom is -0.480 e. The molecule has 0 aliphatic carbocycles. The zero-order valence-electron chi connectivity index (χ0n) is 10.8. The lowest BCUT2D eigenvalue weighted by Gasteiger charge is -2.36. The van der Waals surface area contributed by atoms with E-state index in [1.54, 1.807) is 14.0 Å². The van der Waals surface area contributed by atoms with Gasteiger partial charge in [0.15, 0.2) is 0 Å². The number of nitriles is 1. The minimum absolute atomic E-state index is 0.257. The van der Waals surface area contributed by atoms with Gasteiger partial charge in [-0.15, -0.1) is 0 Å². The highest BCUT2D eigenvalue weighted by molar-refractivity contribution is 5.82. The van der Waals surface area contributed by atoms with E-state index in [4.69, 9.17) is 10.4 Å². The molecule has 0 spiro atoms. The second kappa shape index (κ2) is 6.24. The number of nitrogens with zero attached hydrogens (tertiary/aromatic N) is 3. The zero-order chi connectivity index (χ0) is 13.7. The third-order valence-electron chi connectivity index (χ3n) is 3.13. The summed E-state index contributed by atoms with van der Waals surface area (Å²) in [6.07, 6.45) is 2.17. The van der Waals surface area contributed by atoms with Gasteiger partial charge in [0.1, 0.15) is 6.04 Å². The highest BCUT2D eigenvalue weighted by Crippen LogP contribution is 2.18. The van der Waals surface area contributed by atoms with Gasteiger partial charge >= 0.3 is 12.0 Å². The summed E-state index contributed by atoms with van der Waals surface area (Å²) in [5.41, 5.74) is 0. The van der Waals surface area contributed by atoms with Crippen LogP contribution in [0.3, 0.4) is 0 Å². The first kappa shape index (κ1) is 14.3. The summed E-state index contributed by atoms with van der Waals surface area (Å²) in [6, 6.07) is 1.03. The predicted octanol–water partition coefficient (Wildman–Crippen LogP) is 1.14. The molecule has 0 saturated carbocycles. The SMILES string of the molecule is CC(C#N)CN(C)C(=O)N1CCCCC1C(=O)O. The second-order valence-electron chi connectivity index (χ2n) is 4.74. The Hall–Kier alpha value is -1.77. The van der Waals surface area contributed by atoms with Crippen LogP contribution in [0.25, 0.3) is 0 Å². The molecule has 100 valence electrons. The Bertz CT molecular complexity index is 364. The normalized spacial score (nSPS) is 20.9. The lowest BCUT2D eigenvalue weighted by Crippen LogP contribution is -2.52. The van der Waals surface area contributed by atoms with Crippen LogP contribution in [0.5, 0.6) is 0 Å². The molecule has 6 heteroatoms. The molecule has 1 heterocycles. The fourth-order valence-corrected chi connectivity index (χ4v) is 2.17. The number of piperidine rings is 1. The quantitative estimate of drug-likeness (QED) is 0.817. The lowest BCUT2D eigenvalue weighted by molar-refractivity contribution is -0.143. The number of amides is 2. The van der Waals surface area contributed by atoms with Gasteiger partial charge in [-0.25, -0.2) is 9.59 Å². The van der Waals surface area contributed by atoms with Crippen molar-refractivity contribution in [1.29, 1.82) is 5.26 Å². The minimum atomic E-state index is -0.954. The summed E-state index contributed by atoms with van der Waals surface area (Å²) in [5.74, 6) is -1.21. The van der Waals surface area contributed by atoms with E-state index in [1.807, 2.05) is 0 Å². The zero-order valence-corrected chi connectivity index (χ0v) is 10.8. The number of rotatable bonds is 3. The van der Waals surface area contributed by atoms with Crippen LogP contribution >= 0.6 is 0 Å². The molecule has 0 bridgehead atoms. The van der Waals surface area contributed by atoms with Crippen molar-refractivity contribution in [3.63, 3.8) is 0 Å². The van der Waals surface area contributed by atoms with Crippen molar-refractivity contribution in [2.24, 2.45) is 5.92 Å². The van der Waals surface area contributed by atoms with Crippen LogP contribution < -0.4 is 0 Å². The second-order valence-corrected chi connectivity index (χ2v) is 4.74. The number of hydrogen-bond donors (Lipinski definition) is 1. The lowest BCUT2D eigenvalue weighted by atomic mass is 10.0. The summed E-state index contributed by atoms with van der Waals surface area (Å²) in [6.45, 7) is 2.52. The van der Waals surface area contributed by atoms with Crippen molar-refractivity contribution < 1.29 is 14.7 Å². The van der Waals surface area contributed by atoms with Crippen LogP contribution in [-0.4, -0.2) is 53.1 Å². The van der Waals surface area contributed by atoms with Gasteiger partial charge in [0, 0.05) is 20.1 Å². The Balaban J connectivity index is 2.68. The van der Waals surface area contributed by atoms with Crippen molar-refractivity contribution >= 4 is 12.0 Å². The number of urea groups is 1. The van der Waals surface area contributed by atoms with E-state index in [-0.39, 0.29) is 11.9 Å². The summed E-state index contributed by atoms with van der Waals surface area (Å²) in [4.78, 5) is 26.1. The van der Waals surface area contributed by atoms with Crippen LogP contribution in [-0.2, 0) is 4.79 Å². The van der Waals surface area contributed by atoms with Crippen molar-refractivity contribution in [2.75, 3.05) is 20.1 Å². The first-order valence-corrected chi connectivity index (χ1v) is 6.11. The maximum atomic E-state index is 12.1. The molecule has 1 N–H and O–H groups in total. The number of carboxylic acids is 1. The molecule has 0 aromatic carbocycles. The molecule has 1 fully saturated rings. The third kappa shape index (κ3) is 3.36. The Labute approximate surface area is 107 Å². The van der Waals surface area contributed by atoms with E-state index in [9.17, 15) is 9.59 Å². The van der Waals surface area contributed by atoms with Gasteiger partial charge in [-0.3, -0.25) is 0 Å². The van der Waals surface area contributed by atoms with Crippen molar-refractivity contribution in [3.05, 3.63) is 0 Å². The van der Waals surface area contributed by atoms with Crippen molar-refractivity contribution in [1.82, 2.24) is 9.80 Å². The monoisotopic (exact) mass is 253 g/mol. The van der Waals surface area contributed by atoms with Gasteiger partial charge in [0.25, 0.3) is 0 Å². The molecule has 2 unspecified atom stereocenters. The van der Waals surface area contributed by atoms with E-state index in [0.717, 1.165) is 12.8 Å². The van der Waals surface area contributed by atoms with Crippen molar-refractivity contribution in [3.8, 4) is 6.07 Å². The van der Waals surface area contributed by atoms with E-state index in [0.29, 0.717) is 19.5 Å². The molecule has 0 aromatic rings. The number of carbonyl (C=O) groups is 2. The topological polar surface area (TPSA) is 84.6 Å².